The Morgan fingerprint density at radius 3 is 2.82 bits per heavy atom. The Labute approximate surface area is 133 Å². The maximum atomic E-state index is 5.26. The Kier molecular flexibility index (Phi) is 7.26. The molecule has 5 heteroatoms. The van der Waals surface area contributed by atoms with Crippen molar-refractivity contribution in [2.24, 2.45) is 10.9 Å². The first-order chi connectivity index (χ1) is 10.8. The quantitative estimate of drug-likeness (QED) is 0.439. The van der Waals surface area contributed by atoms with E-state index in [1.54, 1.807) is 0 Å². The molecule has 1 aliphatic rings. The monoisotopic (exact) mass is 306 g/mol. The lowest BCUT2D eigenvalue weighted by Crippen LogP contribution is -2.37. The summed E-state index contributed by atoms with van der Waals surface area (Å²) in [5.74, 6) is 2.64. The zero-order valence-corrected chi connectivity index (χ0v) is 14.0. The molecule has 0 unspecified atom stereocenters. The number of hydrogen-bond acceptors (Lipinski definition) is 3. The first-order valence-electron chi connectivity index (χ1n) is 8.78. The van der Waals surface area contributed by atoms with E-state index in [2.05, 4.69) is 34.6 Å². The predicted octanol–water partition coefficient (Wildman–Crippen LogP) is 3.26. The molecule has 22 heavy (non-hydrogen) atoms. The second-order valence-electron chi connectivity index (χ2n) is 6.05. The highest BCUT2D eigenvalue weighted by Crippen LogP contribution is 2.28. The highest BCUT2D eigenvalue weighted by atomic mass is 16.5. The minimum absolute atomic E-state index is 0.533. The number of hydrogen-bond donors (Lipinski definition) is 2. The van der Waals surface area contributed by atoms with Crippen LogP contribution in [0.4, 0.5) is 0 Å². The predicted molar refractivity (Wildman–Crippen MR) is 89.9 cm³/mol. The van der Waals surface area contributed by atoms with Crippen LogP contribution in [0.1, 0.15) is 63.8 Å². The van der Waals surface area contributed by atoms with Crippen molar-refractivity contribution < 1.29 is 4.52 Å². The Morgan fingerprint density at radius 1 is 1.32 bits per heavy atom. The van der Waals surface area contributed by atoms with Crippen LogP contribution in [0.15, 0.2) is 15.6 Å². The van der Waals surface area contributed by atoms with Crippen molar-refractivity contribution >= 4 is 5.96 Å². The van der Waals surface area contributed by atoms with Crippen LogP contribution in [0, 0.1) is 5.92 Å². The highest BCUT2D eigenvalue weighted by molar-refractivity contribution is 5.79. The van der Waals surface area contributed by atoms with Crippen LogP contribution in [-0.4, -0.2) is 24.2 Å². The van der Waals surface area contributed by atoms with Gasteiger partial charge in [0.2, 0.25) is 0 Å². The molecule has 0 bridgehead atoms. The Balaban J connectivity index is 1.71. The summed E-state index contributed by atoms with van der Waals surface area (Å²) in [5.41, 5.74) is 0.986. The van der Waals surface area contributed by atoms with Crippen molar-refractivity contribution in [3.8, 4) is 0 Å². The van der Waals surface area contributed by atoms with Crippen molar-refractivity contribution in [1.82, 2.24) is 15.8 Å². The van der Waals surface area contributed by atoms with Crippen molar-refractivity contribution in [2.45, 2.75) is 65.3 Å². The lowest BCUT2D eigenvalue weighted by atomic mass is 10.0. The molecule has 0 aliphatic heterocycles. The number of rotatable bonds is 8. The van der Waals surface area contributed by atoms with Gasteiger partial charge in [0, 0.05) is 19.2 Å². The maximum Gasteiger partial charge on any atom is 0.191 e. The highest BCUT2D eigenvalue weighted by Gasteiger charge is 2.14. The van der Waals surface area contributed by atoms with E-state index in [4.69, 9.17) is 4.52 Å². The molecule has 1 aromatic rings. The molecule has 1 saturated carbocycles. The molecule has 1 heterocycles. The number of guanidine groups is 1. The van der Waals surface area contributed by atoms with Crippen LogP contribution in [0.2, 0.25) is 0 Å². The molecule has 0 amide bonds. The molecular formula is C17H30N4O. The number of aliphatic imine (C=N–C) groups is 1. The van der Waals surface area contributed by atoms with Crippen LogP contribution in [0.25, 0.3) is 0 Å². The van der Waals surface area contributed by atoms with Crippen LogP contribution in [-0.2, 0) is 13.0 Å². The number of nitrogens with one attached hydrogen (secondary N) is 2. The van der Waals surface area contributed by atoms with Gasteiger partial charge >= 0.3 is 0 Å². The third-order valence-electron chi connectivity index (χ3n) is 4.26. The molecule has 0 radical (unpaired) electrons. The fourth-order valence-electron chi connectivity index (χ4n) is 2.99. The molecule has 0 saturated heterocycles. The van der Waals surface area contributed by atoms with E-state index in [1.807, 2.05) is 6.07 Å². The van der Waals surface area contributed by atoms with Crippen LogP contribution in [0.5, 0.6) is 0 Å². The number of aryl methyl sites for hydroxylation is 1. The maximum absolute atomic E-state index is 5.26. The van der Waals surface area contributed by atoms with E-state index < -0.39 is 0 Å². The van der Waals surface area contributed by atoms with Crippen molar-refractivity contribution in [1.29, 1.82) is 0 Å². The third kappa shape index (κ3) is 5.70. The largest absolute Gasteiger partial charge is 0.359 e. The van der Waals surface area contributed by atoms with E-state index in [1.165, 1.54) is 38.5 Å². The molecule has 2 N–H and O–H groups in total. The molecular weight excluding hydrogens is 276 g/mol. The van der Waals surface area contributed by atoms with Gasteiger partial charge in [-0.05, 0) is 32.1 Å². The van der Waals surface area contributed by atoms with E-state index in [0.717, 1.165) is 42.8 Å². The van der Waals surface area contributed by atoms with Crippen molar-refractivity contribution in [3.63, 3.8) is 0 Å². The van der Waals surface area contributed by atoms with Gasteiger partial charge in [-0.2, -0.15) is 0 Å². The Bertz CT molecular complexity index is 449. The molecule has 2 rings (SSSR count). The first-order valence-corrected chi connectivity index (χ1v) is 8.78. The van der Waals surface area contributed by atoms with Gasteiger partial charge in [-0.1, -0.05) is 37.8 Å². The lowest BCUT2D eigenvalue weighted by molar-refractivity contribution is 0.379. The third-order valence-corrected chi connectivity index (χ3v) is 4.26. The summed E-state index contributed by atoms with van der Waals surface area (Å²) in [6, 6.07) is 1.98. The summed E-state index contributed by atoms with van der Waals surface area (Å²) in [4.78, 5) is 4.56. The second kappa shape index (κ2) is 9.49. The average Bonchev–Trinajstić information content (AvgIpc) is 3.20. The van der Waals surface area contributed by atoms with E-state index in [-0.39, 0.29) is 0 Å². The molecule has 1 aliphatic carbocycles. The standard InChI is InChI=1S/C17H30N4O/c1-3-15-12-16(22-21-15)13-20-17(18-4-2)19-11-7-10-14-8-5-6-9-14/h12,14H,3-11,13H2,1-2H3,(H2,18,19,20). The molecule has 1 fully saturated rings. The summed E-state index contributed by atoms with van der Waals surface area (Å²) in [6.07, 6.45) is 9.18. The molecule has 1 aromatic heterocycles. The summed E-state index contributed by atoms with van der Waals surface area (Å²) >= 11 is 0. The molecule has 124 valence electrons. The van der Waals surface area contributed by atoms with Crippen LogP contribution >= 0.6 is 0 Å². The smallest absolute Gasteiger partial charge is 0.191 e. The van der Waals surface area contributed by atoms with Crippen molar-refractivity contribution in [3.05, 3.63) is 17.5 Å². The molecule has 0 spiro atoms. The van der Waals surface area contributed by atoms with Gasteiger partial charge in [-0.3, -0.25) is 0 Å². The van der Waals surface area contributed by atoms with Gasteiger partial charge in [0.25, 0.3) is 0 Å². The fraction of sp³-hybridized carbons (Fsp3) is 0.765. The molecule has 0 aromatic carbocycles. The van der Waals surface area contributed by atoms with E-state index >= 15 is 0 Å². The van der Waals surface area contributed by atoms with Gasteiger partial charge < -0.3 is 15.2 Å². The zero-order valence-electron chi connectivity index (χ0n) is 14.0. The average molecular weight is 306 g/mol. The Morgan fingerprint density at radius 2 is 2.14 bits per heavy atom. The zero-order chi connectivity index (χ0) is 15.6. The van der Waals surface area contributed by atoms with E-state index in [0.29, 0.717) is 6.54 Å². The fourth-order valence-corrected chi connectivity index (χ4v) is 2.99. The van der Waals surface area contributed by atoms with E-state index in [9.17, 15) is 0 Å². The summed E-state index contributed by atoms with van der Waals surface area (Å²) < 4.78 is 5.26. The summed E-state index contributed by atoms with van der Waals surface area (Å²) in [5, 5.41) is 10.7. The normalized spacial score (nSPS) is 16.2. The Hall–Kier alpha value is -1.52. The van der Waals surface area contributed by atoms with Crippen molar-refractivity contribution in [2.75, 3.05) is 13.1 Å². The van der Waals surface area contributed by atoms with Crippen LogP contribution < -0.4 is 10.6 Å². The number of aromatic nitrogens is 1. The van der Waals surface area contributed by atoms with Gasteiger partial charge in [0.15, 0.2) is 11.7 Å². The number of nitrogens with zero attached hydrogens (tertiary/aromatic N) is 2. The minimum atomic E-state index is 0.533. The lowest BCUT2D eigenvalue weighted by Gasteiger charge is -2.12. The van der Waals surface area contributed by atoms with Crippen LogP contribution in [0.3, 0.4) is 0 Å². The minimum Gasteiger partial charge on any atom is -0.359 e. The summed E-state index contributed by atoms with van der Waals surface area (Å²) in [6.45, 7) is 6.54. The van der Waals surface area contributed by atoms with Gasteiger partial charge in [0.05, 0.1) is 5.69 Å². The second-order valence-corrected chi connectivity index (χ2v) is 6.05. The van der Waals surface area contributed by atoms with Gasteiger partial charge in [0.1, 0.15) is 6.54 Å². The summed E-state index contributed by atoms with van der Waals surface area (Å²) in [7, 11) is 0. The first kappa shape index (κ1) is 16.8. The topological polar surface area (TPSA) is 62.5 Å². The van der Waals surface area contributed by atoms with Gasteiger partial charge in [-0.15, -0.1) is 0 Å². The SMILES string of the molecule is CCNC(=NCc1cc(CC)no1)NCCCC1CCCC1. The molecule has 0 atom stereocenters. The molecule has 5 nitrogen and oxygen atoms in total. The van der Waals surface area contributed by atoms with Gasteiger partial charge in [-0.25, -0.2) is 4.99 Å².